The molecular weight excluding hydrogens is 228 g/mol. The Morgan fingerprint density at radius 2 is 2.17 bits per heavy atom. The lowest BCUT2D eigenvalue weighted by atomic mass is 9.85. The molecule has 0 aliphatic heterocycles. The Morgan fingerprint density at radius 3 is 2.78 bits per heavy atom. The van der Waals surface area contributed by atoms with E-state index in [9.17, 15) is 4.79 Å². The molecule has 4 heteroatoms. The molecule has 1 atom stereocenters. The van der Waals surface area contributed by atoms with E-state index in [0.717, 1.165) is 5.69 Å². The summed E-state index contributed by atoms with van der Waals surface area (Å²) in [5, 5.41) is 0. The van der Waals surface area contributed by atoms with Crippen LogP contribution in [-0.4, -0.2) is 16.6 Å². The van der Waals surface area contributed by atoms with Crippen molar-refractivity contribution in [1.82, 2.24) is 9.97 Å². The third-order valence-electron chi connectivity index (χ3n) is 3.58. The maximum atomic E-state index is 11.6. The van der Waals surface area contributed by atoms with Crippen molar-refractivity contribution in [2.24, 2.45) is 5.92 Å². The van der Waals surface area contributed by atoms with E-state index in [-0.39, 0.29) is 11.7 Å². The van der Waals surface area contributed by atoms with E-state index in [0.29, 0.717) is 18.3 Å². The van der Waals surface area contributed by atoms with Crippen molar-refractivity contribution in [2.45, 2.75) is 52.1 Å². The Balaban J connectivity index is 2.24. The lowest BCUT2D eigenvalue weighted by Crippen LogP contribution is -2.24. The molecule has 0 radical (unpaired) electrons. The zero-order valence-electron chi connectivity index (χ0n) is 11.2. The summed E-state index contributed by atoms with van der Waals surface area (Å²) < 4.78 is 5.84. The maximum Gasteiger partial charge on any atom is 0.251 e. The fourth-order valence-electron chi connectivity index (χ4n) is 2.79. The SMILES string of the molecule is CCOC(c1nc(C)cc(=O)[nH]1)C1CCCCC1. The summed E-state index contributed by atoms with van der Waals surface area (Å²) in [6.07, 6.45) is 6.11. The van der Waals surface area contributed by atoms with E-state index >= 15 is 0 Å². The highest BCUT2D eigenvalue weighted by Crippen LogP contribution is 2.35. The fraction of sp³-hybridized carbons (Fsp3) is 0.714. The minimum atomic E-state index is -0.0852. The van der Waals surface area contributed by atoms with Crippen LogP contribution in [0.2, 0.25) is 0 Å². The summed E-state index contributed by atoms with van der Waals surface area (Å²) in [4.78, 5) is 18.8. The highest BCUT2D eigenvalue weighted by Gasteiger charge is 2.27. The van der Waals surface area contributed by atoms with Crippen molar-refractivity contribution in [3.63, 3.8) is 0 Å². The smallest absolute Gasteiger partial charge is 0.251 e. The number of hydrogen-bond acceptors (Lipinski definition) is 3. The van der Waals surface area contributed by atoms with E-state index in [1.165, 1.54) is 38.2 Å². The molecule has 1 aliphatic carbocycles. The number of nitrogens with zero attached hydrogens (tertiary/aromatic N) is 1. The monoisotopic (exact) mass is 250 g/mol. The van der Waals surface area contributed by atoms with Crippen molar-refractivity contribution in [2.75, 3.05) is 6.61 Å². The first-order valence-corrected chi connectivity index (χ1v) is 6.90. The van der Waals surface area contributed by atoms with Crippen LogP contribution in [-0.2, 0) is 4.74 Å². The van der Waals surface area contributed by atoms with E-state index in [2.05, 4.69) is 9.97 Å². The molecule has 1 saturated carbocycles. The molecule has 0 saturated heterocycles. The van der Waals surface area contributed by atoms with Gasteiger partial charge in [0.15, 0.2) is 0 Å². The molecule has 0 spiro atoms. The molecule has 1 heterocycles. The zero-order valence-corrected chi connectivity index (χ0v) is 11.2. The molecule has 1 aromatic rings. The molecule has 2 rings (SSSR count). The van der Waals surface area contributed by atoms with Gasteiger partial charge < -0.3 is 9.72 Å². The summed E-state index contributed by atoms with van der Waals surface area (Å²) in [5.41, 5.74) is 0.673. The largest absolute Gasteiger partial charge is 0.370 e. The van der Waals surface area contributed by atoms with E-state index in [4.69, 9.17) is 4.74 Å². The molecule has 0 bridgehead atoms. The average molecular weight is 250 g/mol. The molecular formula is C14H22N2O2. The van der Waals surface area contributed by atoms with Gasteiger partial charge in [0.25, 0.3) is 5.56 Å². The second-order valence-corrected chi connectivity index (χ2v) is 5.05. The fourth-order valence-corrected chi connectivity index (χ4v) is 2.79. The maximum absolute atomic E-state index is 11.6. The lowest BCUT2D eigenvalue weighted by Gasteiger charge is -2.29. The summed E-state index contributed by atoms with van der Waals surface area (Å²) in [7, 11) is 0. The normalized spacial score (nSPS) is 18.8. The van der Waals surface area contributed by atoms with E-state index in [1.807, 2.05) is 13.8 Å². The standard InChI is InChI=1S/C14H22N2O2/c1-3-18-13(11-7-5-4-6-8-11)14-15-10(2)9-12(17)16-14/h9,11,13H,3-8H2,1-2H3,(H,15,16,17). The van der Waals surface area contributed by atoms with Crippen LogP contribution >= 0.6 is 0 Å². The number of aromatic nitrogens is 2. The number of hydrogen-bond donors (Lipinski definition) is 1. The first-order valence-electron chi connectivity index (χ1n) is 6.90. The van der Waals surface area contributed by atoms with Crippen LogP contribution in [0, 0.1) is 12.8 Å². The predicted molar refractivity (Wildman–Crippen MR) is 70.5 cm³/mol. The topological polar surface area (TPSA) is 55.0 Å². The van der Waals surface area contributed by atoms with Gasteiger partial charge in [-0.25, -0.2) is 4.98 Å². The van der Waals surface area contributed by atoms with Gasteiger partial charge in [0.1, 0.15) is 11.9 Å². The van der Waals surface area contributed by atoms with Crippen LogP contribution in [0.3, 0.4) is 0 Å². The van der Waals surface area contributed by atoms with Gasteiger partial charge in [-0.3, -0.25) is 4.79 Å². The quantitative estimate of drug-likeness (QED) is 0.894. The third-order valence-corrected chi connectivity index (χ3v) is 3.58. The molecule has 1 aliphatic rings. The summed E-state index contributed by atoms with van der Waals surface area (Å²) in [5.74, 6) is 1.19. The summed E-state index contributed by atoms with van der Waals surface area (Å²) >= 11 is 0. The van der Waals surface area contributed by atoms with Gasteiger partial charge in [0.2, 0.25) is 0 Å². The van der Waals surface area contributed by atoms with Gasteiger partial charge in [-0.1, -0.05) is 19.3 Å². The predicted octanol–water partition coefficient (Wildman–Crippen LogP) is 2.74. The Hall–Kier alpha value is -1.16. The number of H-pyrrole nitrogens is 1. The molecule has 100 valence electrons. The van der Waals surface area contributed by atoms with Gasteiger partial charge in [0.05, 0.1) is 0 Å². The number of rotatable bonds is 4. The summed E-state index contributed by atoms with van der Waals surface area (Å²) in [6.45, 7) is 4.49. The summed E-state index contributed by atoms with van der Waals surface area (Å²) in [6, 6.07) is 1.52. The van der Waals surface area contributed by atoms with Crippen molar-refractivity contribution in [1.29, 1.82) is 0 Å². The van der Waals surface area contributed by atoms with Gasteiger partial charge in [0, 0.05) is 18.4 Å². The Labute approximate surface area is 108 Å². The number of aryl methyl sites for hydroxylation is 1. The Morgan fingerprint density at radius 1 is 1.44 bits per heavy atom. The van der Waals surface area contributed by atoms with Gasteiger partial charge in [-0.05, 0) is 32.6 Å². The van der Waals surface area contributed by atoms with Crippen molar-refractivity contribution < 1.29 is 4.74 Å². The molecule has 1 N–H and O–H groups in total. The van der Waals surface area contributed by atoms with E-state index < -0.39 is 0 Å². The molecule has 0 aromatic carbocycles. The Bertz CT molecular complexity index is 436. The van der Waals surface area contributed by atoms with Crippen molar-refractivity contribution in [3.05, 3.63) is 27.9 Å². The van der Waals surface area contributed by atoms with Crippen LogP contribution in [0.25, 0.3) is 0 Å². The van der Waals surface area contributed by atoms with Crippen molar-refractivity contribution in [3.8, 4) is 0 Å². The minimum Gasteiger partial charge on any atom is -0.370 e. The first kappa shape index (κ1) is 13.3. The van der Waals surface area contributed by atoms with Crippen LogP contribution in [0.15, 0.2) is 10.9 Å². The highest BCUT2D eigenvalue weighted by molar-refractivity contribution is 5.03. The van der Waals surface area contributed by atoms with Gasteiger partial charge >= 0.3 is 0 Å². The average Bonchev–Trinajstić information content (AvgIpc) is 2.36. The molecule has 1 unspecified atom stereocenters. The van der Waals surface area contributed by atoms with Gasteiger partial charge in [-0.2, -0.15) is 0 Å². The molecule has 4 nitrogen and oxygen atoms in total. The molecule has 18 heavy (non-hydrogen) atoms. The second kappa shape index (κ2) is 6.14. The van der Waals surface area contributed by atoms with Crippen molar-refractivity contribution >= 4 is 0 Å². The van der Waals surface area contributed by atoms with Crippen LogP contribution in [0.4, 0.5) is 0 Å². The van der Waals surface area contributed by atoms with Crippen LogP contribution < -0.4 is 5.56 Å². The zero-order chi connectivity index (χ0) is 13.0. The Kier molecular flexibility index (Phi) is 4.53. The minimum absolute atomic E-state index is 0.0529. The number of nitrogens with one attached hydrogen (secondary N) is 1. The van der Waals surface area contributed by atoms with Crippen LogP contribution in [0.5, 0.6) is 0 Å². The molecule has 1 aromatic heterocycles. The van der Waals surface area contributed by atoms with Gasteiger partial charge in [-0.15, -0.1) is 0 Å². The highest BCUT2D eigenvalue weighted by atomic mass is 16.5. The lowest BCUT2D eigenvalue weighted by molar-refractivity contribution is -0.000438. The number of ether oxygens (including phenoxy) is 1. The third kappa shape index (κ3) is 3.19. The second-order valence-electron chi connectivity index (χ2n) is 5.05. The van der Waals surface area contributed by atoms with E-state index in [1.54, 1.807) is 0 Å². The van der Waals surface area contributed by atoms with Crippen LogP contribution in [0.1, 0.15) is 56.7 Å². The number of aromatic amines is 1. The first-order chi connectivity index (χ1) is 8.70. The molecule has 1 fully saturated rings. The molecule has 0 amide bonds.